The first-order valence-corrected chi connectivity index (χ1v) is 6.96. The van der Waals surface area contributed by atoms with Crippen LogP contribution >= 0.6 is 11.3 Å². The van der Waals surface area contributed by atoms with E-state index in [0.29, 0.717) is 5.92 Å². The molecule has 1 aromatic carbocycles. The first kappa shape index (κ1) is 11.0. The van der Waals surface area contributed by atoms with E-state index in [0.717, 1.165) is 13.1 Å². The number of benzene rings is 1. The van der Waals surface area contributed by atoms with E-state index in [2.05, 4.69) is 49.5 Å². The fraction of sp³-hybridized carbons (Fsp3) is 0.333. The molecule has 1 atom stereocenters. The highest BCUT2D eigenvalue weighted by atomic mass is 32.1. The lowest BCUT2D eigenvalue weighted by Crippen LogP contribution is -2.24. The summed E-state index contributed by atoms with van der Waals surface area (Å²) in [5.41, 5.74) is 4.16. The minimum Gasteiger partial charge on any atom is -0.312 e. The predicted molar refractivity (Wildman–Crippen MR) is 74.6 cm³/mol. The van der Waals surface area contributed by atoms with Crippen LogP contribution in [0.1, 0.15) is 28.8 Å². The molecule has 1 aliphatic heterocycles. The van der Waals surface area contributed by atoms with Gasteiger partial charge in [0.05, 0.1) is 0 Å². The van der Waals surface area contributed by atoms with Crippen LogP contribution in [-0.2, 0) is 6.54 Å². The lowest BCUT2D eigenvalue weighted by Gasteiger charge is -2.18. The molecule has 0 spiro atoms. The van der Waals surface area contributed by atoms with Gasteiger partial charge in [0.2, 0.25) is 0 Å². The van der Waals surface area contributed by atoms with Crippen LogP contribution in [0.15, 0.2) is 30.3 Å². The Morgan fingerprint density at radius 1 is 1.24 bits per heavy atom. The van der Waals surface area contributed by atoms with Crippen molar-refractivity contribution in [1.29, 1.82) is 0 Å². The first-order chi connectivity index (χ1) is 8.24. The summed E-state index contributed by atoms with van der Waals surface area (Å²) in [7, 11) is 0. The molecule has 1 aromatic heterocycles. The van der Waals surface area contributed by atoms with Crippen molar-refractivity contribution in [2.24, 2.45) is 0 Å². The number of hydrogen-bond donors (Lipinski definition) is 1. The summed E-state index contributed by atoms with van der Waals surface area (Å²) >= 11 is 1.96. The van der Waals surface area contributed by atoms with E-state index >= 15 is 0 Å². The number of rotatable bonds is 1. The standard InChI is InChI=1S/C15H17NS/c1-10-3-5-12(6-4-10)14-7-13-9-16-8-11(2)15(13)17-14/h3-7,11,16H,8-9H2,1-2H3. The molecule has 3 rings (SSSR count). The molecule has 0 saturated carbocycles. The quantitative estimate of drug-likeness (QED) is 0.800. The molecule has 1 unspecified atom stereocenters. The molecule has 88 valence electrons. The van der Waals surface area contributed by atoms with Crippen molar-refractivity contribution < 1.29 is 0 Å². The molecular formula is C15H17NS. The molecular weight excluding hydrogens is 226 g/mol. The summed E-state index contributed by atoms with van der Waals surface area (Å²) in [5.74, 6) is 0.656. The van der Waals surface area contributed by atoms with Crippen LogP contribution in [0, 0.1) is 6.92 Å². The van der Waals surface area contributed by atoms with Gasteiger partial charge in [0.1, 0.15) is 0 Å². The Bertz CT molecular complexity index is 524. The Morgan fingerprint density at radius 3 is 2.71 bits per heavy atom. The van der Waals surface area contributed by atoms with Gasteiger partial charge in [0.25, 0.3) is 0 Å². The van der Waals surface area contributed by atoms with Gasteiger partial charge in [-0.25, -0.2) is 0 Å². The van der Waals surface area contributed by atoms with Gasteiger partial charge in [0, 0.05) is 28.8 Å². The molecule has 0 fully saturated rings. The minimum atomic E-state index is 0.656. The van der Waals surface area contributed by atoms with Crippen LogP contribution in [0.4, 0.5) is 0 Å². The van der Waals surface area contributed by atoms with Crippen LogP contribution in [0.2, 0.25) is 0 Å². The molecule has 2 aromatic rings. The molecule has 1 N–H and O–H groups in total. The number of nitrogens with one attached hydrogen (secondary N) is 1. The first-order valence-electron chi connectivity index (χ1n) is 6.14. The highest BCUT2D eigenvalue weighted by Gasteiger charge is 2.19. The second kappa shape index (κ2) is 4.28. The maximum absolute atomic E-state index is 3.47. The molecule has 1 aliphatic rings. The topological polar surface area (TPSA) is 12.0 Å². The fourth-order valence-corrected chi connectivity index (χ4v) is 3.61. The van der Waals surface area contributed by atoms with E-state index < -0.39 is 0 Å². The zero-order valence-corrected chi connectivity index (χ0v) is 11.1. The smallest absolute Gasteiger partial charge is 0.0349 e. The normalized spacial score (nSPS) is 19.1. The zero-order chi connectivity index (χ0) is 11.8. The van der Waals surface area contributed by atoms with Gasteiger partial charge in [-0.1, -0.05) is 36.8 Å². The molecule has 0 radical (unpaired) electrons. The van der Waals surface area contributed by atoms with Gasteiger partial charge in [-0.15, -0.1) is 11.3 Å². The number of aryl methyl sites for hydroxylation is 1. The van der Waals surface area contributed by atoms with E-state index in [9.17, 15) is 0 Å². The van der Waals surface area contributed by atoms with Crippen LogP contribution in [-0.4, -0.2) is 6.54 Å². The summed E-state index contributed by atoms with van der Waals surface area (Å²) < 4.78 is 0. The van der Waals surface area contributed by atoms with Gasteiger partial charge >= 0.3 is 0 Å². The number of thiophene rings is 1. The second-order valence-corrected chi connectivity index (χ2v) is 5.98. The lowest BCUT2D eigenvalue weighted by molar-refractivity contribution is 0.581. The van der Waals surface area contributed by atoms with Crippen LogP contribution in [0.5, 0.6) is 0 Å². The maximum atomic E-state index is 3.47. The summed E-state index contributed by atoms with van der Waals surface area (Å²) in [5, 5.41) is 3.47. The largest absolute Gasteiger partial charge is 0.312 e. The van der Waals surface area contributed by atoms with E-state index in [4.69, 9.17) is 0 Å². The molecule has 0 amide bonds. The van der Waals surface area contributed by atoms with E-state index in [-0.39, 0.29) is 0 Å². The third kappa shape index (κ3) is 2.03. The van der Waals surface area contributed by atoms with Crippen LogP contribution in [0.3, 0.4) is 0 Å². The average Bonchev–Trinajstić information content (AvgIpc) is 2.75. The summed E-state index contributed by atoms with van der Waals surface area (Å²) in [4.78, 5) is 2.98. The average molecular weight is 243 g/mol. The third-order valence-electron chi connectivity index (χ3n) is 3.39. The SMILES string of the molecule is Cc1ccc(-c2cc3c(s2)C(C)CNC3)cc1. The van der Waals surface area contributed by atoms with E-state index in [1.165, 1.54) is 21.6 Å². The predicted octanol–water partition coefficient (Wildman–Crippen LogP) is 3.93. The molecule has 0 aliphatic carbocycles. The highest BCUT2D eigenvalue weighted by molar-refractivity contribution is 7.15. The Labute approximate surface area is 106 Å². The van der Waals surface area contributed by atoms with Crippen molar-refractivity contribution in [2.45, 2.75) is 26.3 Å². The van der Waals surface area contributed by atoms with Crippen molar-refractivity contribution in [2.75, 3.05) is 6.54 Å². The number of fused-ring (bicyclic) bond motifs is 1. The molecule has 0 bridgehead atoms. The minimum absolute atomic E-state index is 0.656. The molecule has 2 heterocycles. The summed E-state index contributed by atoms with van der Waals surface area (Å²) in [6.07, 6.45) is 0. The number of hydrogen-bond acceptors (Lipinski definition) is 2. The maximum Gasteiger partial charge on any atom is 0.0349 e. The highest BCUT2D eigenvalue weighted by Crippen LogP contribution is 2.37. The Hall–Kier alpha value is -1.12. The van der Waals surface area contributed by atoms with Gasteiger partial charge in [-0.05, 0) is 24.1 Å². The second-order valence-electron chi connectivity index (χ2n) is 4.90. The van der Waals surface area contributed by atoms with Gasteiger partial charge in [-0.3, -0.25) is 0 Å². The third-order valence-corrected chi connectivity index (χ3v) is 4.85. The monoisotopic (exact) mass is 243 g/mol. The fourth-order valence-electron chi connectivity index (χ4n) is 2.37. The molecule has 2 heteroatoms. The lowest BCUT2D eigenvalue weighted by atomic mass is 10.0. The molecule has 0 saturated heterocycles. The Balaban J connectivity index is 2.02. The van der Waals surface area contributed by atoms with Crippen molar-refractivity contribution in [3.05, 3.63) is 46.3 Å². The van der Waals surface area contributed by atoms with Crippen molar-refractivity contribution in [1.82, 2.24) is 5.32 Å². The van der Waals surface area contributed by atoms with Crippen LogP contribution < -0.4 is 5.32 Å². The zero-order valence-electron chi connectivity index (χ0n) is 10.3. The Kier molecular flexibility index (Phi) is 2.77. The summed E-state index contributed by atoms with van der Waals surface area (Å²) in [6.45, 7) is 6.58. The van der Waals surface area contributed by atoms with Crippen LogP contribution in [0.25, 0.3) is 10.4 Å². The summed E-state index contributed by atoms with van der Waals surface area (Å²) in [6, 6.07) is 11.2. The van der Waals surface area contributed by atoms with E-state index in [1.54, 1.807) is 4.88 Å². The van der Waals surface area contributed by atoms with Gasteiger partial charge in [0.15, 0.2) is 0 Å². The van der Waals surface area contributed by atoms with E-state index in [1.807, 2.05) is 11.3 Å². The Morgan fingerprint density at radius 2 is 2.00 bits per heavy atom. The molecule has 17 heavy (non-hydrogen) atoms. The van der Waals surface area contributed by atoms with Crippen molar-refractivity contribution in [3.63, 3.8) is 0 Å². The van der Waals surface area contributed by atoms with Gasteiger partial charge in [-0.2, -0.15) is 0 Å². The van der Waals surface area contributed by atoms with Gasteiger partial charge < -0.3 is 5.32 Å². The van der Waals surface area contributed by atoms with Crippen molar-refractivity contribution in [3.8, 4) is 10.4 Å². The van der Waals surface area contributed by atoms with Crippen molar-refractivity contribution >= 4 is 11.3 Å². The molecule has 1 nitrogen and oxygen atoms in total.